The molecule has 1 amide bonds. The van der Waals surface area contributed by atoms with Crippen LogP contribution in [0.4, 0.5) is 11.5 Å². The molecule has 180 valence electrons. The number of aryl methyl sites for hydroxylation is 1. The Balaban J connectivity index is 1.08. The zero-order chi connectivity index (χ0) is 23.4. The van der Waals surface area contributed by atoms with Crippen LogP contribution in [0, 0.1) is 11.8 Å². The largest absolute Gasteiger partial charge is 0.340 e. The third kappa shape index (κ3) is 4.12. The number of piperazine rings is 1. The van der Waals surface area contributed by atoms with Gasteiger partial charge in [0, 0.05) is 55.4 Å². The molecule has 1 N–H and O–H groups in total. The summed E-state index contributed by atoms with van der Waals surface area (Å²) in [4.78, 5) is 33.9. The number of hydrogen-bond donors (Lipinski definition) is 1. The number of rotatable bonds is 5. The van der Waals surface area contributed by atoms with E-state index in [0.29, 0.717) is 5.91 Å². The molecule has 1 unspecified atom stereocenters. The third-order valence-corrected chi connectivity index (χ3v) is 9.15. The van der Waals surface area contributed by atoms with Gasteiger partial charge in [-0.05, 0) is 66.8 Å². The van der Waals surface area contributed by atoms with Gasteiger partial charge in [0.2, 0.25) is 5.91 Å². The predicted molar refractivity (Wildman–Crippen MR) is 140 cm³/mol. The van der Waals surface area contributed by atoms with Crippen molar-refractivity contribution in [3.05, 3.63) is 46.1 Å². The van der Waals surface area contributed by atoms with E-state index in [0.717, 1.165) is 79.6 Å². The van der Waals surface area contributed by atoms with Crippen molar-refractivity contribution in [3.63, 3.8) is 0 Å². The molecular weight excluding hydrogens is 456 g/mol. The summed E-state index contributed by atoms with van der Waals surface area (Å²) in [6.07, 6.45) is 9.00. The lowest BCUT2D eigenvalue weighted by atomic mass is 9.86. The molecule has 2 fully saturated rings. The van der Waals surface area contributed by atoms with Crippen molar-refractivity contribution in [2.45, 2.75) is 38.6 Å². The molecular formula is C27H30N6OS. The van der Waals surface area contributed by atoms with E-state index in [2.05, 4.69) is 48.3 Å². The topological polar surface area (TPSA) is 73.7 Å². The van der Waals surface area contributed by atoms with Gasteiger partial charge >= 0.3 is 0 Å². The summed E-state index contributed by atoms with van der Waals surface area (Å²) in [5.41, 5.74) is 4.77. The van der Waals surface area contributed by atoms with E-state index in [1.807, 2.05) is 6.21 Å². The van der Waals surface area contributed by atoms with Gasteiger partial charge in [0.25, 0.3) is 0 Å². The summed E-state index contributed by atoms with van der Waals surface area (Å²) in [5.74, 6) is 2.22. The average molecular weight is 487 g/mol. The Morgan fingerprint density at radius 2 is 2.00 bits per heavy atom. The van der Waals surface area contributed by atoms with E-state index in [1.165, 1.54) is 41.0 Å². The number of aliphatic imine (C=N–C) groups is 1. The highest BCUT2D eigenvalue weighted by atomic mass is 32.1. The van der Waals surface area contributed by atoms with Crippen LogP contribution in [-0.2, 0) is 24.2 Å². The quantitative estimate of drug-likeness (QED) is 0.590. The molecule has 0 spiro atoms. The molecule has 1 saturated heterocycles. The van der Waals surface area contributed by atoms with Gasteiger partial charge in [-0.3, -0.25) is 14.7 Å². The molecule has 1 atom stereocenters. The molecule has 7 nitrogen and oxygen atoms in total. The van der Waals surface area contributed by atoms with Gasteiger partial charge in [0.05, 0.1) is 11.9 Å². The predicted octanol–water partition coefficient (Wildman–Crippen LogP) is 4.03. The molecule has 3 aromatic rings. The van der Waals surface area contributed by atoms with Crippen LogP contribution in [0.5, 0.6) is 0 Å². The first-order chi connectivity index (χ1) is 17.2. The lowest BCUT2D eigenvalue weighted by molar-refractivity contribution is -0.137. The van der Waals surface area contributed by atoms with Gasteiger partial charge < -0.3 is 10.2 Å². The van der Waals surface area contributed by atoms with Crippen LogP contribution in [-0.4, -0.2) is 64.6 Å². The average Bonchev–Trinajstić information content (AvgIpc) is 3.43. The van der Waals surface area contributed by atoms with Crippen LogP contribution >= 0.6 is 11.3 Å². The molecule has 7 rings (SSSR count). The van der Waals surface area contributed by atoms with Gasteiger partial charge in [-0.25, -0.2) is 9.97 Å². The summed E-state index contributed by atoms with van der Waals surface area (Å²) >= 11 is 1.74. The first-order valence-corrected chi connectivity index (χ1v) is 13.7. The maximum atomic E-state index is 13.4. The van der Waals surface area contributed by atoms with E-state index < -0.39 is 0 Å². The minimum atomic E-state index is 0.0888. The molecule has 4 heterocycles. The van der Waals surface area contributed by atoms with E-state index >= 15 is 0 Å². The zero-order valence-electron chi connectivity index (χ0n) is 19.9. The number of aromatic nitrogens is 2. The second-order valence-corrected chi connectivity index (χ2v) is 11.5. The molecule has 2 aliphatic carbocycles. The number of amides is 1. The van der Waals surface area contributed by atoms with Crippen LogP contribution in [0.1, 0.15) is 40.8 Å². The highest BCUT2D eigenvalue weighted by molar-refractivity contribution is 7.19. The fraction of sp³-hybridized carbons (Fsp3) is 0.481. The normalized spacial score (nSPS) is 21.8. The first-order valence-electron chi connectivity index (χ1n) is 12.9. The third-order valence-electron chi connectivity index (χ3n) is 7.99. The minimum absolute atomic E-state index is 0.0888. The lowest BCUT2D eigenvalue weighted by Gasteiger charge is -2.37. The van der Waals surface area contributed by atoms with Gasteiger partial charge in [-0.2, -0.15) is 0 Å². The number of carbonyl (C=O) groups is 1. The number of anilines is 2. The number of carbonyl (C=O) groups excluding carboxylic acids is 1. The second kappa shape index (κ2) is 8.68. The summed E-state index contributed by atoms with van der Waals surface area (Å²) < 4.78 is 0. The number of thiophene rings is 1. The standard InChI is InChI=1S/C27H30N6OS/c34-27(33-9-7-32(8-10-33)15-17-1-2-17)18-4-6-22-23(12-18)35-26-24(22)25(29-16-30-26)31-21-5-3-19-13-28-14-20(19)11-21/h3,5,11,14,16-18H,1-2,4,6-10,12-13,15H2,(H,29,30,31). The molecule has 0 bridgehead atoms. The van der Waals surface area contributed by atoms with E-state index in [1.54, 1.807) is 17.7 Å². The number of fused-ring (bicyclic) bond motifs is 4. The van der Waals surface area contributed by atoms with Gasteiger partial charge in [0.1, 0.15) is 17.0 Å². The van der Waals surface area contributed by atoms with E-state index in [-0.39, 0.29) is 5.92 Å². The number of nitrogens with zero attached hydrogens (tertiary/aromatic N) is 5. The fourth-order valence-electron chi connectivity index (χ4n) is 5.81. The van der Waals surface area contributed by atoms with Crippen molar-refractivity contribution in [2.24, 2.45) is 16.8 Å². The Labute approximate surface area is 209 Å². The van der Waals surface area contributed by atoms with Crippen LogP contribution in [0.2, 0.25) is 0 Å². The molecule has 8 heteroatoms. The Morgan fingerprint density at radius 1 is 1.11 bits per heavy atom. The van der Waals surface area contributed by atoms with Crippen LogP contribution in [0.25, 0.3) is 10.2 Å². The highest BCUT2D eigenvalue weighted by Gasteiger charge is 2.33. The van der Waals surface area contributed by atoms with Crippen molar-refractivity contribution >= 4 is 45.2 Å². The molecule has 35 heavy (non-hydrogen) atoms. The Morgan fingerprint density at radius 3 is 2.86 bits per heavy atom. The zero-order valence-corrected chi connectivity index (χ0v) is 20.7. The molecule has 1 saturated carbocycles. The maximum absolute atomic E-state index is 13.4. The summed E-state index contributed by atoms with van der Waals surface area (Å²) in [6.45, 7) is 5.82. The fourth-order valence-corrected chi connectivity index (χ4v) is 7.07. The minimum Gasteiger partial charge on any atom is -0.340 e. The van der Waals surface area contributed by atoms with Crippen molar-refractivity contribution in [1.82, 2.24) is 19.8 Å². The molecule has 1 aromatic carbocycles. The molecule has 2 aliphatic heterocycles. The molecule has 4 aliphatic rings. The summed E-state index contributed by atoms with van der Waals surface area (Å²) in [6, 6.07) is 6.37. The first kappa shape index (κ1) is 21.4. The van der Waals surface area contributed by atoms with Crippen molar-refractivity contribution in [1.29, 1.82) is 0 Å². The number of nitrogens with one attached hydrogen (secondary N) is 1. The summed E-state index contributed by atoms with van der Waals surface area (Å²) in [7, 11) is 0. The number of benzene rings is 1. The van der Waals surface area contributed by atoms with Crippen LogP contribution in [0.3, 0.4) is 0 Å². The Hall–Kier alpha value is -2.84. The monoisotopic (exact) mass is 486 g/mol. The van der Waals surface area contributed by atoms with Crippen molar-refractivity contribution in [2.75, 3.05) is 38.0 Å². The molecule has 0 radical (unpaired) electrons. The smallest absolute Gasteiger partial charge is 0.226 e. The molecule has 2 aromatic heterocycles. The van der Waals surface area contributed by atoms with Gasteiger partial charge in [0.15, 0.2) is 0 Å². The Kier molecular flexibility index (Phi) is 5.31. The lowest BCUT2D eigenvalue weighted by Crippen LogP contribution is -2.51. The van der Waals surface area contributed by atoms with Crippen LogP contribution < -0.4 is 5.32 Å². The highest BCUT2D eigenvalue weighted by Crippen LogP contribution is 2.41. The van der Waals surface area contributed by atoms with E-state index in [9.17, 15) is 4.79 Å². The second-order valence-electron chi connectivity index (χ2n) is 10.4. The van der Waals surface area contributed by atoms with Crippen molar-refractivity contribution < 1.29 is 4.79 Å². The van der Waals surface area contributed by atoms with E-state index in [4.69, 9.17) is 0 Å². The van der Waals surface area contributed by atoms with Gasteiger partial charge in [-0.1, -0.05) is 6.07 Å². The van der Waals surface area contributed by atoms with Crippen molar-refractivity contribution in [3.8, 4) is 0 Å². The Bertz CT molecular complexity index is 1320. The summed E-state index contributed by atoms with van der Waals surface area (Å²) in [5, 5.41) is 4.66. The SMILES string of the molecule is O=C(C1CCc2c(sc3ncnc(Nc4ccc5c(c4)C=NC5)c23)C1)N1CCN(CC2CC2)CC1. The van der Waals surface area contributed by atoms with Gasteiger partial charge in [-0.15, -0.1) is 11.3 Å². The van der Waals surface area contributed by atoms with Crippen LogP contribution in [0.15, 0.2) is 29.5 Å². The number of hydrogen-bond acceptors (Lipinski definition) is 7. The maximum Gasteiger partial charge on any atom is 0.226 e.